The standard InChI is InChI=1S/C26H38N2O3.C8H16Cl2O3/c1-3-7-25-21-27(11-9-23(25)5-1)13-15-29-17-19-31-20-18-30-16-14-28-12-10-24-6-2-4-8-26(24)22-28;9-1-3-11-5-7-13-8-6-12-4-2-10/h9-12,21-22H,1-8,13-20H2;1-8H2/q+2;. The number of nitrogens with zero attached hydrogens (tertiary/aromatic N) is 2. The fraction of sp³-hybridized carbons (Fsp3) is 0.706. The molecule has 0 unspecified atom stereocenters. The summed E-state index contributed by atoms with van der Waals surface area (Å²) >= 11 is 10.8. The van der Waals surface area contributed by atoms with Crippen molar-refractivity contribution < 1.29 is 37.6 Å². The smallest absolute Gasteiger partial charge is 0.172 e. The van der Waals surface area contributed by atoms with Crippen LogP contribution >= 0.6 is 23.2 Å². The van der Waals surface area contributed by atoms with Gasteiger partial charge in [0.1, 0.15) is 13.2 Å². The number of hydrogen-bond acceptors (Lipinski definition) is 6. The van der Waals surface area contributed by atoms with Gasteiger partial charge in [-0.3, -0.25) is 0 Å². The summed E-state index contributed by atoms with van der Waals surface area (Å²) in [6.45, 7) is 9.26. The van der Waals surface area contributed by atoms with Crippen LogP contribution in [0.4, 0.5) is 0 Å². The predicted octanol–water partition coefficient (Wildman–Crippen LogP) is 4.28. The maximum Gasteiger partial charge on any atom is 0.172 e. The van der Waals surface area contributed by atoms with Gasteiger partial charge in [0.2, 0.25) is 0 Å². The van der Waals surface area contributed by atoms with Gasteiger partial charge >= 0.3 is 0 Å². The Hall–Kier alpha value is -1.36. The lowest BCUT2D eigenvalue weighted by atomic mass is 9.93. The van der Waals surface area contributed by atoms with Gasteiger partial charge in [-0.05, 0) is 62.5 Å². The second kappa shape index (κ2) is 24.8. The number of ether oxygens (including phenoxy) is 6. The van der Waals surface area contributed by atoms with Crippen LogP contribution in [-0.2, 0) is 67.2 Å². The fourth-order valence-corrected chi connectivity index (χ4v) is 5.47. The highest BCUT2D eigenvalue weighted by Crippen LogP contribution is 2.19. The van der Waals surface area contributed by atoms with Crippen LogP contribution in [-0.4, -0.2) is 91.0 Å². The van der Waals surface area contributed by atoms with E-state index < -0.39 is 0 Å². The first-order valence-electron chi connectivity index (χ1n) is 16.4. The van der Waals surface area contributed by atoms with Crippen LogP contribution in [0.1, 0.15) is 47.9 Å². The van der Waals surface area contributed by atoms with E-state index >= 15 is 0 Å². The molecule has 0 radical (unpaired) electrons. The lowest BCUT2D eigenvalue weighted by molar-refractivity contribution is -0.699. The van der Waals surface area contributed by atoms with E-state index in [4.69, 9.17) is 51.6 Å². The van der Waals surface area contributed by atoms with Gasteiger partial charge in [-0.25, -0.2) is 9.13 Å². The number of alkyl halides is 2. The number of aromatic nitrogens is 2. The van der Waals surface area contributed by atoms with Gasteiger partial charge in [0.05, 0.1) is 66.1 Å². The van der Waals surface area contributed by atoms with Gasteiger partial charge < -0.3 is 28.4 Å². The molecule has 8 nitrogen and oxygen atoms in total. The maximum absolute atomic E-state index is 5.72. The van der Waals surface area contributed by atoms with Crippen molar-refractivity contribution in [2.75, 3.05) is 91.0 Å². The van der Waals surface area contributed by atoms with E-state index in [2.05, 4.69) is 46.1 Å². The monoisotopic (exact) mass is 656 g/mol. The molecule has 2 aliphatic carbocycles. The zero-order chi connectivity index (χ0) is 30.9. The quantitative estimate of drug-likeness (QED) is 0.107. The second-order valence-electron chi connectivity index (χ2n) is 10.9. The van der Waals surface area contributed by atoms with Crippen molar-refractivity contribution in [1.82, 2.24) is 0 Å². The Kier molecular flexibility index (Phi) is 20.9. The zero-order valence-corrected chi connectivity index (χ0v) is 28.0. The lowest BCUT2D eigenvalue weighted by Crippen LogP contribution is -2.37. The van der Waals surface area contributed by atoms with Crippen molar-refractivity contribution in [2.45, 2.75) is 64.5 Å². The first-order chi connectivity index (χ1) is 21.8. The molecule has 10 heteroatoms. The Bertz CT molecular complexity index is 938. The van der Waals surface area contributed by atoms with Gasteiger partial charge in [0.25, 0.3) is 0 Å². The van der Waals surface area contributed by atoms with E-state index in [1.54, 1.807) is 0 Å². The number of hydrogen-bond donors (Lipinski definition) is 0. The first-order valence-corrected chi connectivity index (χ1v) is 17.5. The molecule has 0 atom stereocenters. The Morgan fingerprint density at radius 2 is 0.750 bits per heavy atom. The summed E-state index contributed by atoms with van der Waals surface area (Å²) < 4.78 is 36.9. The van der Waals surface area contributed by atoms with E-state index in [9.17, 15) is 0 Å². The van der Waals surface area contributed by atoms with E-state index in [0.29, 0.717) is 77.8 Å². The lowest BCUT2D eigenvalue weighted by Gasteiger charge is -2.13. The highest BCUT2D eigenvalue weighted by molar-refractivity contribution is 6.18. The van der Waals surface area contributed by atoms with E-state index in [1.807, 2.05) is 0 Å². The normalized spacial score (nSPS) is 14.0. The molecule has 0 N–H and O–H groups in total. The summed E-state index contributed by atoms with van der Waals surface area (Å²) in [6.07, 6.45) is 19.2. The van der Waals surface area contributed by atoms with Crippen LogP contribution in [0.5, 0.6) is 0 Å². The molecule has 0 spiro atoms. The van der Waals surface area contributed by atoms with Crippen molar-refractivity contribution in [3.8, 4) is 0 Å². The third kappa shape index (κ3) is 16.3. The van der Waals surface area contributed by atoms with Crippen LogP contribution < -0.4 is 9.13 Å². The molecule has 2 aliphatic rings. The fourth-order valence-electron chi connectivity index (χ4n) is 5.25. The molecule has 0 aliphatic heterocycles. The second-order valence-corrected chi connectivity index (χ2v) is 11.7. The van der Waals surface area contributed by atoms with E-state index in [1.165, 1.54) is 73.6 Å². The number of pyridine rings is 2. The molecule has 44 heavy (non-hydrogen) atoms. The number of rotatable bonds is 22. The number of fused-ring (bicyclic) bond motifs is 2. The number of halogens is 2. The minimum absolute atomic E-state index is 0.527. The Morgan fingerprint density at radius 1 is 0.432 bits per heavy atom. The summed E-state index contributed by atoms with van der Waals surface area (Å²) in [7, 11) is 0. The van der Waals surface area contributed by atoms with Gasteiger partial charge in [-0.1, -0.05) is 0 Å². The summed E-state index contributed by atoms with van der Waals surface area (Å²) in [4.78, 5) is 0. The highest BCUT2D eigenvalue weighted by Gasteiger charge is 2.14. The molecule has 0 amide bonds. The summed E-state index contributed by atoms with van der Waals surface area (Å²) in [6, 6.07) is 4.56. The van der Waals surface area contributed by atoms with E-state index in [0.717, 1.165) is 26.3 Å². The largest absolute Gasteiger partial charge is 0.378 e. The predicted molar refractivity (Wildman–Crippen MR) is 173 cm³/mol. The molecular weight excluding hydrogens is 603 g/mol. The van der Waals surface area contributed by atoms with Crippen LogP contribution in [0.15, 0.2) is 36.9 Å². The van der Waals surface area contributed by atoms with Gasteiger partial charge in [0, 0.05) is 35.0 Å². The summed E-state index contributed by atoms with van der Waals surface area (Å²) in [5.74, 6) is 1.05. The summed E-state index contributed by atoms with van der Waals surface area (Å²) in [5, 5.41) is 0. The van der Waals surface area contributed by atoms with Crippen molar-refractivity contribution >= 4 is 23.2 Å². The Morgan fingerprint density at radius 3 is 1.11 bits per heavy atom. The summed E-state index contributed by atoms with van der Waals surface area (Å²) in [5.41, 5.74) is 6.09. The average Bonchev–Trinajstić information content (AvgIpc) is 3.06. The minimum Gasteiger partial charge on any atom is -0.378 e. The molecule has 0 saturated heterocycles. The van der Waals surface area contributed by atoms with Crippen molar-refractivity contribution in [2.24, 2.45) is 0 Å². The number of aryl methyl sites for hydroxylation is 4. The third-order valence-electron chi connectivity index (χ3n) is 7.61. The Balaban J connectivity index is 0.000000345. The zero-order valence-electron chi connectivity index (χ0n) is 26.5. The molecule has 0 aromatic carbocycles. The molecule has 4 rings (SSSR count). The molecule has 2 heterocycles. The van der Waals surface area contributed by atoms with Crippen LogP contribution in [0.2, 0.25) is 0 Å². The van der Waals surface area contributed by atoms with Crippen molar-refractivity contribution in [3.63, 3.8) is 0 Å². The van der Waals surface area contributed by atoms with Crippen LogP contribution in [0.25, 0.3) is 0 Å². The molecule has 0 bridgehead atoms. The SMILES string of the molecule is ClCCOCCOCCOCCCl.c1c[n+](CCOCCOCCOCC[n+]2ccc3c(c2)CCCC3)cc2c1CCCC2. The van der Waals surface area contributed by atoms with Gasteiger partial charge in [-0.2, -0.15) is 0 Å². The molecule has 0 fully saturated rings. The molecule has 0 saturated carbocycles. The van der Waals surface area contributed by atoms with Crippen LogP contribution in [0, 0.1) is 0 Å². The first kappa shape index (κ1) is 37.1. The van der Waals surface area contributed by atoms with Gasteiger partial charge in [-0.15, -0.1) is 23.2 Å². The highest BCUT2D eigenvalue weighted by atomic mass is 35.5. The van der Waals surface area contributed by atoms with Crippen molar-refractivity contribution in [3.05, 3.63) is 59.2 Å². The molecule has 248 valence electrons. The van der Waals surface area contributed by atoms with Crippen molar-refractivity contribution in [1.29, 1.82) is 0 Å². The third-order valence-corrected chi connectivity index (χ3v) is 7.91. The molecular formula is C34H54Cl2N2O6+2. The maximum atomic E-state index is 5.72. The van der Waals surface area contributed by atoms with Crippen LogP contribution in [0.3, 0.4) is 0 Å². The van der Waals surface area contributed by atoms with E-state index in [-0.39, 0.29) is 0 Å². The Labute approximate surface area is 274 Å². The molecule has 2 aromatic heterocycles. The minimum atomic E-state index is 0.527. The molecule has 2 aromatic rings. The average molecular weight is 658 g/mol. The van der Waals surface area contributed by atoms with Gasteiger partial charge in [0.15, 0.2) is 37.9 Å². The topological polar surface area (TPSA) is 63.1 Å².